The molecule has 0 unspecified atom stereocenters. The van der Waals surface area contributed by atoms with Gasteiger partial charge in [0.15, 0.2) is 0 Å². The fourth-order valence-electron chi connectivity index (χ4n) is 2.98. The van der Waals surface area contributed by atoms with E-state index in [1.165, 1.54) is 14.2 Å². The van der Waals surface area contributed by atoms with Gasteiger partial charge in [0.25, 0.3) is 0 Å². The summed E-state index contributed by atoms with van der Waals surface area (Å²) < 4.78 is 37.9. The monoisotopic (exact) mass is 377 g/mol. The second kappa shape index (κ2) is 7.88. The van der Waals surface area contributed by atoms with Gasteiger partial charge >= 0.3 is 5.97 Å². The first kappa shape index (κ1) is 19.9. The van der Waals surface area contributed by atoms with Gasteiger partial charge in [0, 0.05) is 6.54 Å². The van der Waals surface area contributed by atoms with E-state index in [9.17, 15) is 13.2 Å². The lowest BCUT2D eigenvalue weighted by Gasteiger charge is -2.14. The van der Waals surface area contributed by atoms with E-state index < -0.39 is 16.0 Å². The van der Waals surface area contributed by atoms with E-state index in [4.69, 9.17) is 9.47 Å². The van der Waals surface area contributed by atoms with Gasteiger partial charge in [-0.3, -0.25) is 0 Å². The molecule has 0 aliphatic heterocycles. The Morgan fingerprint density at radius 3 is 2.19 bits per heavy atom. The molecule has 2 aromatic carbocycles. The second-order valence-electron chi connectivity index (χ2n) is 6.08. The molecular formula is C19H23NO5S. The van der Waals surface area contributed by atoms with Crippen molar-refractivity contribution in [3.8, 4) is 5.75 Å². The maximum absolute atomic E-state index is 12.7. The van der Waals surface area contributed by atoms with Crippen molar-refractivity contribution in [1.82, 2.24) is 4.72 Å². The van der Waals surface area contributed by atoms with Crippen LogP contribution in [0.15, 0.2) is 35.2 Å². The third kappa shape index (κ3) is 4.23. The number of hydrogen-bond donors (Lipinski definition) is 1. The van der Waals surface area contributed by atoms with Crippen LogP contribution in [0.5, 0.6) is 5.75 Å². The molecule has 0 saturated heterocycles. The number of nitrogens with one attached hydrogen (secondary N) is 1. The van der Waals surface area contributed by atoms with E-state index in [2.05, 4.69) is 4.72 Å². The van der Waals surface area contributed by atoms with E-state index in [1.54, 1.807) is 32.0 Å². The normalized spacial score (nSPS) is 11.3. The molecule has 0 heterocycles. The lowest BCUT2D eigenvalue weighted by atomic mass is 10.1. The second-order valence-corrected chi connectivity index (χ2v) is 7.78. The first-order chi connectivity index (χ1) is 12.2. The van der Waals surface area contributed by atoms with E-state index in [1.807, 2.05) is 19.1 Å². The molecule has 7 heteroatoms. The molecule has 0 bridgehead atoms. The number of rotatable bonds is 6. The van der Waals surface area contributed by atoms with E-state index in [0.717, 1.165) is 5.56 Å². The number of ether oxygens (including phenoxy) is 2. The lowest BCUT2D eigenvalue weighted by Crippen LogP contribution is -2.25. The first-order valence-corrected chi connectivity index (χ1v) is 9.50. The molecule has 0 radical (unpaired) electrons. The van der Waals surface area contributed by atoms with Crippen LogP contribution in [0.3, 0.4) is 0 Å². The molecule has 0 aliphatic carbocycles. The SMILES string of the molecule is COC(=O)c1cc(CNS(=O)(=O)c2c(C)cc(C)cc2C)ccc1OC. The molecule has 0 aromatic heterocycles. The molecule has 0 aliphatic rings. The van der Waals surface area contributed by atoms with Crippen molar-refractivity contribution < 1.29 is 22.7 Å². The van der Waals surface area contributed by atoms with Gasteiger partial charge in [-0.25, -0.2) is 17.9 Å². The fraction of sp³-hybridized carbons (Fsp3) is 0.316. The van der Waals surface area contributed by atoms with Crippen LogP contribution in [0.25, 0.3) is 0 Å². The first-order valence-electron chi connectivity index (χ1n) is 8.02. The van der Waals surface area contributed by atoms with Crippen LogP contribution in [-0.2, 0) is 21.3 Å². The van der Waals surface area contributed by atoms with Crippen molar-refractivity contribution in [2.45, 2.75) is 32.2 Å². The van der Waals surface area contributed by atoms with Crippen LogP contribution >= 0.6 is 0 Å². The van der Waals surface area contributed by atoms with E-state index >= 15 is 0 Å². The highest BCUT2D eigenvalue weighted by molar-refractivity contribution is 7.89. The summed E-state index contributed by atoms with van der Waals surface area (Å²) in [6, 6.07) is 8.54. The Hall–Kier alpha value is -2.38. The van der Waals surface area contributed by atoms with Crippen LogP contribution in [0.4, 0.5) is 0 Å². The Labute approximate surface area is 154 Å². The zero-order valence-electron chi connectivity index (χ0n) is 15.5. The number of methoxy groups -OCH3 is 2. The van der Waals surface area contributed by atoms with Crippen LogP contribution in [0, 0.1) is 20.8 Å². The van der Waals surface area contributed by atoms with Crippen LogP contribution < -0.4 is 9.46 Å². The quantitative estimate of drug-likeness (QED) is 0.783. The van der Waals surface area contributed by atoms with Gasteiger partial charge in [-0.2, -0.15) is 0 Å². The molecule has 6 nitrogen and oxygen atoms in total. The maximum Gasteiger partial charge on any atom is 0.341 e. The molecule has 0 fully saturated rings. The van der Waals surface area contributed by atoms with Crippen molar-refractivity contribution in [3.05, 3.63) is 58.1 Å². The molecule has 140 valence electrons. The molecule has 2 rings (SSSR count). The Kier molecular flexibility index (Phi) is 6.05. The van der Waals surface area contributed by atoms with Gasteiger partial charge in [0.1, 0.15) is 11.3 Å². The van der Waals surface area contributed by atoms with Gasteiger partial charge in [-0.1, -0.05) is 23.8 Å². The van der Waals surface area contributed by atoms with Gasteiger partial charge in [-0.05, 0) is 49.6 Å². The summed E-state index contributed by atoms with van der Waals surface area (Å²) in [5.74, 6) is -0.175. The van der Waals surface area contributed by atoms with E-state index in [-0.39, 0.29) is 17.0 Å². The minimum atomic E-state index is -3.69. The Balaban J connectivity index is 2.29. The number of hydrogen-bond acceptors (Lipinski definition) is 5. The third-order valence-corrected chi connectivity index (χ3v) is 5.71. The highest BCUT2D eigenvalue weighted by Crippen LogP contribution is 2.23. The number of esters is 1. The van der Waals surface area contributed by atoms with Gasteiger partial charge in [-0.15, -0.1) is 0 Å². The van der Waals surface area contributed by atoms with Gasteiger partial charge < -0.3 is 9.47 Å². The standard InChI is InChI=1S/C19H23NO5S/c1-12-8-13(2)18(14(3)9-12)26(22,23)20-11-15-6-7-17(24-4)16(10-15)19(21)25-5/h6-10,20H,11H2,1-5H3. The molecule has 0 atom stereocenters. The summed E-state index contributed by atoms with van der Waals surface area (Å²) >= 11 is 0. The number of carbonyl (C=O) groups excluding carboxylic acids is 1. The largest absolute Gasteiger partial charge is 0.496 e. The van der Waals surface area contributed by atoms with Crippen molar-refractivity contribution in [1.29, 1.82) is 0 Å². The zero-order chi connectivity index (χ0) is 19.5. The minimum absolute atomic E-state index is 0.0447. The van der Waals surface area contributed by atoms with Gasteiger partial charge in [0.05, 0.1) is 19.1 Å². The van der Waals surface area contributed by atoms with Crippen LogP contribution in [0.2, 0.25) is 0 Å². The zero-order valence-corrected chi connectivity index (χ0v) is 16.4. The molecule has 1 N–H and O–H groups in total. The van der Waals surface area contributed by atoms with Gasteiger partial charge in [0.2, 0.25) is 10.0 Å². The summed E-state index contributed by atoms with van der Waals surface area (Å²) in [7, 11) is -0.959. The van der Waals surface area contributed by atoms with Crippen molar-refractivity contribution >= 4 is 16.0 Å². The number of benzene rings is 2. The van der Waals surface area contributed by atoms with E-state index in [0.29, 0.717) is 22.4 Å². The maximum atomic E-state index is 12.7. The molecular weight excluding hydrogens is 354 g/mol. The number of sulfonamides is 1. The highest BCUT2D eigenvalue weighted by atomic mass is 32.2. The molecule has 0 saturated carbocycles. The summed E-state index contributed by atoms with van der Waals surface area (Å²) in [6.07, 6.45) is 0. The Morgan fingerprint density at radius 2 is 1.65 bits per heavy atom. The average Bonchev–Trinajstić information content (AvgIpc) is 2.57. The summed E-state index contributed by atoms with van der Waals surface area (Å²) in [5, 5.41) is 0. The number of carbonyl (C=O) groups is 1. The molecule has 0 spiro atoms. The topological polar surface area (TPSA) is 81.7 Å². The fourth-order valence-corrected chi connectivity index (χ4v) is 4.44. The predicted octanol–water partition coefficient (Wildman–Crippen LogP) is 2.89. The average molecular weight is 377 g/mol. The Morgan fingerprint density at radius 1 is 1.04 bits per heavy atom. The van der Waals surface area contributed by atoms with Crippen molar-refractivity contribution in [2.75, 3.05) is 14.2 Å². The Bertz CT molecular complexity index is 912. The van der Waals surface area contributed by atoms with Crippen LogP contribution in [0.1, 0.15) is 32.6 Å². The minimum Gasteiger partial charge on any atom is -0.496 e. The van der Waals surface area contributed by atoms with Crippen molar-refractivity contribution in [3.63, 3.8) is 0 Å². The third-order valence-electron chi connectivity index (χ3n) is 4.01. The summed E-state index contributed by atoms with van der Waals surface area (Å²) in [4.78, 5) is 12.1. The summed E-state index contributed by atoms with van der Waals surface area (Å²) in [6.45, 7) is 5.52. The smallest absolute Gasteiger partial charge is 0.341 e. The molecule has 0 amide bonds. The van der Waals surface area contributed by atoms with Crippen LogP contribution in [-0.4, -0.2) is 28.6 Å². The lowest BCUT2D eigenvalue weighted by molar-refractivity contribution is 0.0597. The molecule has 26 heavy (non-hydrogen) atoms. The highest BCUT2D eigenvalue weighted by Gasteiger charge is 2.20. The van der Waals surface area contributed by atoms with Crippen molar-refractivity contribution in [2.24, 2.45) is 0 Å². The summed E-state index contributed by atoms with van der Waals surface area (Å²) in [5.41, 5.74) is 3.27. The number of aryl methyl sites for hydroxylation is 3. The predicted molar refractivity (Wildman–Crippen MR) is 99.0 cm³/mol. The molecule has 2 aromatic rings.